The van der Waals surface area contributed by atoms with E-state index in [4.69, 9.17) is 0 Å². The fourth-order valence-corrected chi connectivity index (χ4v) is 25.3. The van der Waals surface area contributed by atoms with Gasteiger partial charge in [-0.2, -0.15) is 0 Å². The zero-order valence-electron chi connectivity index (χ0n) is 18.0. The van der Waals surface area contributed by atoms with Gasteiger partial charge in [0.1, 0.15) is 0 Å². The number of rotatable bonds is 2. The first-order valence-corrected chi connectivity index (χ1v) is 23.8. The SMILES string of the molecule is CC1=C[C](C)([Zr-2](=[SiH2])(=[SiH2])[CH]2C(C)=C(C)c3c2ccc(C)c3C)C(C)=C1C.[Cl-].[Cl-]. The smallest absolute Gasteiger partial charge is 1.00 e. The Hall–Kier alpha value is 0.337. The Morgan fingerprint density at radius 2 is 1.44 bits per heavy atom. The molecule has 0 bridgehead atoms. The molecule has 0 N–H and O–H groups in total. The van der Waals surface area contributed by atoms with Crippen LogP contribution in [-0.4, -0.2) is 13.8 Å². The molecular weight excluding hydrogens is 483 g/mol. The van der Waals surface area contributed by atoms with E-state index in [9.17, 15) is 0 Å². The molecular formula is C22H32Cl2Si2Zr-4. The molecule has 2 aliphatic carbocycles. The van der Waals surface area contributed by atoms with Crippen molar-refractivity contribution in [3.63, 3.8) is 0 Å². The molecule has 5 heteroatoms. The van der Waals surface area contributed by atoms with Gasteiger partial charge >= 0.3 is 162 Å². The summed E-state index contributed by atoms with van der Waals surface area (Å²) in [5, 5.41) is 0. The second-order valence-corrected chi connectivity index (χ2v) is 39.2. The number of fused-ring (bicyclic) bond motifs is 1. The van der Waals surface area contributed by atoms with Crippen LogP contribution in [0.1, 0.15) is 67.4 Å². The van der Waals surface area contributed by atoms with Crippen molar-refractivity contribution < 1.29 is 42.3 Å². The fourth-order valence-electron chi connectivity index (χ4n) is 5.09. The van der Waals surface area contributed by atoms with E-state index in [2.05, 4.69) is 87.4 Å². The predicted octanol–water partition coefficient (Wildman–Crippen LogP) is -1.12. The fraction of sp³-hybridized carbons (Fsp3) is 0.455. The summed E-state index contributed by atoms with van der Waals surface area (Å²) in [5.74, 6) is 0. The molecule has 2 atom stereocenters. The van der Waals surface area contributed by atoms with Crippen LogP contribution in [0.4, 0.5) is 0 Å². The third-order valence-corrected chi connectivity index (χ3v) is 31.9. The van der Waals surface area contributed by atoms with Gasteiger partial charge < -0.3 is 24.8 Å². The standard InChI is InChI=1S/C13H15.C9H13.2ClH.2H2Si.Zr/c1-8-5-6-12-7-9(2)11(4)13(12)10(8)3;1-6-5-7(2)9(4)8(6)3;;;;;/h5-7H,1-4H3;5H,1-4H3;2*1H;2*1H2;/q;;;;;;-2/p-2. The van der Waals surface area contributed by atoms with Gasteiger partial charge in [-0.05, 0) is 0 Å². The van der Waals surface area contributed by atoms with Gasteiger partial charge in [0.2, 0.25) is 0 Å². The molecule has 0 saturated carbocycles. The van der Waals surface area contributed by atoms with Crippen molar-refractivity contribution >= 4 is 19.3 Å². The molecule has 0 heterocycles. The number of hydrogen-bond acceptors (Lipinski definition) is 0. The van der Waals surface area contributed by atoms with Crippen LogP contribution in [0.5, 0.6) is 0 Å². The molecule has 0 nitrogen and oxygen atoms in total. The molecule has 1 aromatic carbocycles. The maximum Gasteiger partial charge on any atom is -1.00 e. The summed E-state index contributed by atoms with van der Waals surface area (Å²) in [5.41, 5.74) is 14.1. The van der Waals surface area contributed by atoms with E-state index in [-0.39, 0.29) is 24.8 Å². The van der Waals surface area contributed by atoms with Crippen molar-refractivity contribution in [3.8, 4) is 0 Å². The molecule has 0 spiro atoms. The van der Waals surface area contributed by atoms with Crippen LogP contribution in [0.25, 0.3) is 5.57 Å². The predicted molar refractivity (Wildman–Crippen MR) is 115 cm³/mol. The molecule has 1 aromatic rings. The van der Waals surface area contributed by atoms with Gasteiger partial charge in [-0.3, -0.25) is 0 Å². The third kappa shape index (κ3) is 3.44. The van der Waals surface area contributed by atoms with Crippen LogP contribution >= 0.6 is 0 Å². The summed E-state index contributed by atoms with van der Waals surface area (Å²) in [4.78, 5) is 0. The molecule has 0 radical (unpaired) electrons. The summed E-state index contributed by atoms with van der Waals surface area (Å²) in [6.45, 7) is 23.8. The van der Waals surface area contributed by atoms with E-state index in [1.807, 2.05) is 0 Å². The largest absolute Gasteiger partial charge is 1.00 e. The Morgan fingerprint density at radius 1 is 0.889 bits per heavy atom. The molecule has 0 fully saturated rings. The van der Waals surface area contributed by atoms with Crippen LogP contribution in [-0.2, 0) is 17.5 Å². The van der Waals surface area contributed by atoms with E-state index >= 15 is 0 Å². The minimum absolute atomic E-state index is 0. The van der Waals surface area contributed by atoms with E-state index < -0.39 is 17.5 Å². The number of halogens is 2. The zero-order valence-corrected chi connectivity index (χ0v) is 24.8. The molecule has 3 rings (SSSR count). The van der Waals surface area contributed by atoms with Crippen LogP contribution in [0.3, 0.4) is 0 Å². The summed E-state index contributed by atoms with van der Waals surface area (Å²) in [6.07, 6.45) is 2.63. The first-order valence-electron chi connectivity index (χ1n) is 9.31. The van der Waals surface area contributed by atoms with Gasteiger partial charge in [-0.25, -0.2) is 0 Å². The van der Waals surface area contributed by atoms with E-state index in [1.165, 1.54) is 16.7 Å². The minimum atomic E-state index is -2.57. The molecule has 0 aromatic heterocycles. The van der Waals surface area contributed by atoms with Gasteiger partial charge in [-0.1, -0.05) is 0 Å². The van der Waals surface area contributed by atoms with Gasteiger partial charge in [0, 0.05) is 0 Å². The Balaban J connectivity index is 0.00000182. The topological polar surface area (TPSA) is 0 Å². The number of benzene rings is 1. The monoisotopic (exact) mass is 512 g/mol. The van der Waals surface area contributed by atoms with Crippen LogP contribution in [0.2, 0.25) is 3.12 Å². The molecule has 0 aliphatic heterocycles. The maximum absolute atomic E-state index is 2.63. The number of hydrogen-bond donors (Lipinski definition) is 0. The van der Waals surface area contributed by atoms with Crippen LogP contribution < -0.4 is 24.8 Å². The minimum Gasteiger partial charge on any atom is -1.00 e. The number of allylic oxidation sites excluding steroid dienone is 6. The third-order valence-electron chi connectivity index (χ3n) is 7.50. The van der Waals surface area contributed by atoms with Crippen molar-refractivity contribution in [3.05, 3.63) is 62.8 Å². The van der Waals surface area contributed by atoms with Gasteiger partial charge in [-0.15, -0.1) is 0 Å². The van der Waals surface area contributed by atoms with Gasteiger partial charge in [0.05, 0.1) is 0 Å². The van der Waals surface area contributed by atoms with Crippen molar-refractivity contribution in [2.24, 2.45) is 0 Å². The Kier molecular flexibility index (Phi) is 7.73. The molecule has 2 aliphatic rings. The molecule has 2 unspecified atom stereocenters. The average Bonchev–Trinajstić information content (AvgIpc) is 2.91. The second kappa shape index (κ2) is 8.23. The normalized spacial score (nSPS) is 24.4. The first-order chi connectivity index (χ1) is 11.4. The molecule has 27 heavy (non-hydrogen) atoms. The second-order valence-electron chi connectivity index (χ2n) is 8.65. The summed E-state index contributed by atoms with van der Waals surface area (Å²) in [6, 6.07) is 4.81. The molecule has 0 saturated heterocycles. The molecule has 150 valence electrons. The van der Waals surface area contributed by atoms with Crippen molar-refractivity contribution in [1.82, 2.24) is 0 Å². The molecule has 0 amide bonds. The first kappa shape index (κ1) is 25.4. The summed E-state index contributed by atoms with van der Waals surface area (Å²) >= 11 is -2.57. The summed E-state index contributed by atoms with van der Waals surface area (Å²) in [7, 11) is 0. The van der Waals surface area contributed by atoms with Gasteiger partial charge in [0.15, 0.2) is 0 Å². The van der Waals surface area contributed by atoms with Gasteiger partial charge in [0.25, 0.3) is 0 Å². The van der Waals surface area contributed by atoms with Crippen molar-refractivity contribution in [2.75, 3.05) is 0 Å². The zero-order chi connectivity index (χ0) is 18.9. The van der Waals surface area contributed by atoms with E-state index in [1.54, 1.807) is 33.4 Å². The van der Waals surface area contributed by atoms with Crippen LogP contribution in [0, 0.1) is 13.8 Å². The quantitative estimate of drug-likeness (QED) is 0.439. The van der Waals surface area contributed by atoms with Crippen molar-refractivity contribution in [1.29, 1.82) is 0 Å². The Bertz CT molecular complexity index is 997. The Morgan fingerprint density at radius 3 is 1.93 bits per heavy atom. The van der Waals surface area contributed by atoms with E-state index in [0.29, 0.717) is 6.75 Å². The van der Waals surface area contributed by atoms with E-state index in [0.717, 1.165) is 0 Å². The summed E-state index contributed by atoms with van der Waals surface area (Å²) < 4.78 is 1.03. The maximum atomic E-state index is 2.63. The average molecular weight is 515 g/mol. The van der Waals surface area contributed by atoms with Crippen molar-refractivity contribution in [2.45, 2.75) is 62.1 Å². The Labute approximate surface area is 185 Å². The number of aryl methyl sites for hydroxylation is 1. The van der Waals surface area contributed by atoms with Crippen LogP contribution in [0.15, 0.2) is 40.5 Å².